The Bertz CT molecular complexity index is 805. The smallest absolute Gasteiger partial charge is 0.269 e. The van der Waals surface area contributed by atoms with Gasteiger partial charge in [-0.05, 0) is 61.7 Å². The molecule has 25 heavy (non-hydrogen) atoms. The molecule has 7 nitrogen and oxygen atoms in total. The van der Waals surface area contributed by atoms with Gasteiger partial charge in [0.2, 0.25) is 0 Å². The number of anilines is 1. The van der Waals surface area contributed by atoms with E-state index in [2.05, 4.69) is 47.7 Å². The highest BCUT2D eigenvalue weighted by Gasteiger charge is 2.08. The number of nitrogens with one attached hydrogen (secondary N) is 2. The first-order chi connectivity index (χ1) is 11.9. The summed E-state index contributed by atoms with van der Waals surface area (Å²) in [5.74, 6) is -0.355. The summed E-state index contributed by atoms with van der Waals surface area (Å²) in [5, 5.41) is 17.9. The fourth-order valence-corrected chi connectivity index (χ4v) is 3.73. The zero-order valence-corrected chi connectivity index (χ0v) is 16.4. The third-order valence-corrected chi connectivity index (χ3v) is 4.41. The number of halogens is 3. The Morgan fingerprint density at radius 3 is 2.40 bits per heavy atom. The van der Waals surface area contributed by atoms with Crippen LogP contribution in [0.3, 0.4) is 0 Å². The van der Waals surface area contributed by atoms with E-state index in [1.54, 1.807) is 12.1 Å². The number of rotatable bonds is 6. The van der Waals surface area contributed by atoms with Crippen LogP contribution in [0.25, 0.3) is 0 Å². The van der Waals surface area contributed by atoms with Crippen molar-refractivity contribution in [3.63, 3.8) is 0 Å². The van der Waals surface area contributed by atoms with Crippen LogP contribution in [0.2, 0.25) is 5.02 Å². The summed E-state index contributed by atoms with van der Waals surface area (Å²) in [7, 11) is 0. The van der Waals surface area contributed by atoms with Crippen LogP contribution in [0.4, 0.5) is 11.4 Å². The number of non-ortho nitro benzene ring substituents is 1. The van der Waals surface area contributed by atoms with Gasteiger partial charge in [0.25, 0.3) is 11.6 Å². The lowest BCUT2D eigenvalue weighted by Crippen LogP contribution is -2.26. The maximum absolute atomic E-state index is 11.8. The zero-order valence-electron chi connectivity index (χ0n) is 12.5. The quantitative estimate of drug-likeness (QED) is 0.358. The first-order valence-corrected chi connectivity index (χ1v) is 8.78. The van der Waals surface area contributed by atoms with E-state index in [-0.39, 0.29) is 18.1 Å². The summed E-state index contributed by atoms with van der Waals surface area (Å²) in [6, 6.07) is 9.21. The molecule has 0 bridgehead atoms. The molecule has 0 aliphatic rings. The summed E-state index contributed by atoms with van der Waals surface area (Å²) in [6.07, 6.45) is 1.40. The van der Waals surface area contributed by atoms with Crippen molar-refractivity contribution < 1.29 is 9.72 Å². The predicted molar refractivity (Wildman–Crippen MR) is 104 cm³/mol. The van der Waals surface area contributed by atoms with Crippen molar-refractivity contribution in [1.82, 2.24) is 5.43 Å². The Morgan fingerprint density at radius 2 is 1.84 bits per heavy atom. The monoisotopic (exact) mass is 488 g/mol. The average Bonchev–Trinajstić information content (AvgIpc) is 2.54. The SMILES string of the molecule is O=C(CNc1c(Br)cc(Cl)cc1Br)N/N=C/c1ccc([N+](=O)[O-])cc1. The van der Waals surface area contributed by atoms with Crippen molar-refractivity contribution in [2.24, 2.45) is 5.10 Å². The molecule has 0 saturated heterocycles. The van der Waals surface area contributed by atoms with E-state index >= 15 is 0 Å². The molecule has 0 heterocycles. The largest absolute Gasteiger partial charge is 0.374 e. The maximum Gasteiger partial charge on any atom is 0.269 e. The number of benzene rings is 2. The first-order valence-electron chi connectivity index (χ1n) is 6.81. The molecule has 2 N–H and O–H groups in total. The summed E-state index contributed by atoms with van der Waals surface area (Å²) in [5.41, 5.74) is 3.68. The molecule has 1 amide bonds. The fraction of sp³-hybridized carbons (Fsp3) is 0.0667. The molecule has 0 unspecified atom stereocenters. The molecule has 0 aliphatic heterocycles. The molecule has 0 radical (unpaired) electrons. The van der Waals surface area contributed by atoms with Gasteiger partial charge in [0.1, 0.15) is 0 Å². The minimum atomic E-state index is -0.485. The van der Waals surface area contributed by atoms with Crippen molar-refractivity contribution in [2.45, 2.75) is 0 Å². The van der Waals surface area contributed by atoms with Crippen LogP contribution in [0.1, 0.15) is 5.56 Å². The molecule has 0 aliphatic carbocycles. The molecular formula is C15H11Br2ClN4O3. The first kappa shape index (κ1) is 19.4. The average molecular weight is 491 g/mol. The molecule has 0 aromatic heterocycles. The third kappa shape index (κ3) is 5.80. The van der Waals surface area contributed by atoms with Gasteiger partial charge < -0.3 is 5.32 Å². The van der Waals surface area contributed by atoms with Crippen molar-refractivity contribution in [3.05, 3.63) is 66.0 Å². The molecule has 130 valence electrons. The number of nitrogens with zero attached hydrogens (tertiary/aromatic N) is 2. The molecule has 0 atom stereocenters. The number of hydrazone groups is 1. The lowest BCUT2D eigenvalue weighted by molar-refractivity contribution is -0.384. The van der Waals surface area contributed by atoms with Crippen molar-refractivity contribution in [1.29, 1.82) is 0 Å². The number of carbonyl (C=O) groups is 1. The van der Waals surface area contributed by atoms with Crippen LogP contribution >= 0.6 is 43.5 Å². The highest BCUT2D eigenvalue weighted by Crippen LogP contribution is 2.33. The van der Waals surface area contributed by atoms with Gasteiger partial charge in [-0.15, -0.1) is 0 Å². The summed E-state index contributed by atoms with van der Waals surface area (Å²) in [6.45, 7) is -0.00354. The second kappa shape index (κ2) is 8.93. The number of hydrogen-bond acceptors (Lipinski definition) is 5. The lowest BCUT2D eigenvalue weighted by Gasteiger charge is -2.10. The highest BCUT2D eigenvalue weighted by molar-refractivity contribution is 9.11. The van der Waals surface area contributed by atoms with Gasteiger partial charge in [0.05, 0.1) is 23.4 Å². The van der Waals surface area contributed by atoms with Crippen LogP contribution in [-0.4, -0.2) is 23.6 Å². The molecule has 2 aromatic carbocycles. The topological polar surface area (TPSA) is 96.6 Å². The Kier molecular flexibility index (Phi) is 6.91. The van der Waals surface area contributed by atoms with E-state index in [0.717, 1.165) is 0 Å². The Hall–Kier alpha value is -1.97. The normalized spacial score (nSPS) is 10.7. The van der Waals surface area contributed by atoms with Crippen molar-refractivity contribution in [3.8, 4) is 0 Å². The second-order valence-corrected chi connectivity index (χ2v) is 6.88. The maximum atomic E-state index is 11.8. The number of nitro benzene ring substituents is 1. The van der Waals surface area contributed by atoms with Crippen LogP contribution in [-0.2, 0) is 4.79 Å². The molecular weight excluding hydrogens is 479 g/mol. The third-order valence-electron chi connectivity index (χ3n) is 2.94. The molecule has 10 heteroatoms. The summed E-state index contributed by atoms with van der Waals surface area (Å²) < 4.78 is 1.43. The summed E-state index contributed by atoms with van der Waals surface area (Å²) >= 11 is 12.6. The van der Waals surface area contributed by atoms with Crippen LogP contribution in [0.5, 0.6) is 0 Å². The van der Waals surface area contributed by atoms with E-state index < -0.39 is 4.92 Å². The van der Waals surface area contributed by atoms with E-state index in [1.165, 1.54) is 30.5 Å². The van der Waals surface area contributed by atoms with E-state index in [1.807, 2.05) is 0 Å². The lowest BCUT2D eigenvalue weighted by atomic mass is 10.2. The van der Waals surface area contributed by atoms with E-state index in [0.29, 0.717) is 25.2 Å². The van der Waals surface area contributed by atoms with Gasteiger partial charge in [-0.3, -0.25) is 14.9 Å². The minimum absolute atomic E-state index is 0.00354. The predicted octanol–water partition coefficient (Wildman–Crippen LogP) is 4.34. The van der Waals surface area contributed by atoms with E-state index in [4.69, 9.17) is 11.6 Å². The highest BCUT2D eigenvalue weighted by atomic mass is 79.9. The Morgan fingerprint density at radius 1 is 1.24 bits per heavy atom. The van der Waals surface area contributed by atoms with Crippen LogP contribution in [0, 0.1) is 10.1 Å². The van der Waals surface area contributed by atoms with E-state index in [9.17, 15) is 14.9 Å². The number of hydrogen-bond donors (Lipinski definition) is 2. The zero-order chi connectivity index (χ0) is 18.4. The minimum Gasteiger partial charge on any atom is -0.374 e. The number of carbonyl (C=O) groups excluding carboxylic acids is 1. The number of amides is 1. The molecule has 0 spiro atoms. The van der Waals surface area contributed by atoms with Gasteiger partial charge >= 0.3 is 0 Å². The molecule has 2 aromatic rings. The van der Waals surface area contributed by atoms with Gasteiger partial charge in [-0.2, -0.15) is 5.10 Å². The molecule has 2 rings (SSSR count). The van der Waals surface area contributed by atoms with Crippen molar-refractivity contribution in [2.75, 3.05) is 11.9 Å². The Balaban J connectivity index is 1.87. The molecule has 0 saturated carbocycles. The Labute approximate surface area is 164 Å². The second-order valence-electron chi connectivity index (χ2n) is 4.74. The summed E-state index contributed by atoms with van der Waals surface area (Å²) in [4.78, 5) is 21.9. The van der Waals surface area contributed by atoms with Gasteiger partial charge in [0.15, 0.2) is 0 Å². The van der Waals surface area contributed by atoms with Gasteiger partial charge in [-0.25, -0.2) is 5.43 Å². The van der Waals surface area contributed by atoms with Gasteiger partial charge in [-0.1, -0.05) is 11.6 Å². The molecule has 0 fully saturated rings. The fourth-order valence-electron chi connectivity index (χ4n) is 1.78. The van der Waals surface area contributed by atoms with Crippen molar-refractivity contribution >= 4 is 67.0 Å². The van der Waals surface area contributed by atoms with Crippen LogP contribution < -0.4 is 10.7 Å². The number of nitro groups is 1. The van der Waals surface area contributed by atoms with Crippen LogP contribution in [0.15, 0.2) is 50.4 Å². The standard InChI is InChI=1S/C15H11Br2ClN4O3/c16-12-5-10(18)6-13(17)15(12)19-8-14(23)21-20-7-9-1-3-11(4-2-9)22(24)25/h1-7,19H,8H2,(H,21,23)/b20-7+. The van der Waals surface area contributed by atoms with Gasteiger partial charge in [0, 0.05) is 26.1 Å².